The Morgan fingerprint density at radius 1 is 1.05 bits per heavy atom. The van der Waals surface area contributed by atoms with E-state index in [4.69, 9.17) is 5.73 Å². The first-order valence-corrected chi connectivity index (χ1v) is 7.32. The maximum absolute atomic E-state index is 14.1. The van der Waals surface area contributed by atoms with E-state index in [-0.39, 0.29) is 19.6 Å². The van der Waals surface area contributed by atoms with E-state index in [9.17, 15) is 13.9 Å². The minimum absolute atomic E-state index is 0.0490. The first-order chi connectivity index (χ1) is 10.0. The summed E-state index contributed by atoms with van der Waals surface area (Å²) in [6, 6.07) is 10.8. The van der Waals surface area contributed by atoms with E-state index in [1.807, 2.05) is 0 Å². The molecule has 5 heteroatoms. The zero-order chi connectivity index (χ0) is 15.5. The van der Waals surface area contributed by atoms with Crippen LogP contribution in [0.5, 0.6) is 0 Å². The Labute approximate surface area is 130 Å². The molecular formula is C16H16BrF2NO. The van der Waals surface area contributed by atoms with Crippen molar-refractivity contribution < 1.29 is 13.9 Å². The molecule has 0 fully saturated rings. The zero-order valence-electron chi connectivity index (χ0n) is 11.3. The number of aliphatic hydroxyl groups excluding tert-OH is 1. The van der Waals surface area contributed by atoms with Gasteiger partial charge in [0.15, 0.2) is 0 Å². The predicted molar refractivity (Wildman–Crippen MR) is 82.0 cm³/mol. The second kappa shape index (κ2) is 6.64. The minimum atomic E-state index is -0.984. The highest BCUT2D eigenvalue weighted by atomic mass is 79.9. The molecule has 2 rings (SSSR count). The van der Waals surface area contributed by atoms with Gasteiger partial charge in [0.05, 0.1) is 11.1 Å². The lowest BCUT2D eigenvalue weighted by molar-refractivity contribution is 0.192. The summed E-state index contributed by atoms with van der Waals surface area (Å²) in [6.45, 7) is -0.277. The van der Waals surface area contributed by atoms with E-state index in [0.29, 0.717) is 15.6 Å². The summed E-state index contributed by atoms with van der Waals surface area (Å²) in [5.41, 5.74) is 5.81. The molecule has 2 aromatic rings. The van der Waals surface area contributed by atoms with Crippen LogP contribution >= 0.6 is 15.9 Å². The van der Waals surface area contributed by atoms with Gasteiger partial charge in [-0.05, 0) is 45.6 Å². The quantitative estimate of drug-likeness (QED) is 0.865. The van der Waals surface area contributed by atoms with E-state index in [2.05, 4.69) is 15.9 Å². The van der Waals surface area contributed by atoms with Crippen molar-refractivity contribution >= 4 is 15.9 Å². The molecule has 0 aliphatic heterocycles. The van der Waals surface area contributed by atoms with Gasteiger partial charge in [-0.25, -0.2) is 8.78 Å². The van der Waals surface area contributed by atoms with Crippen molar-refractivity contribution in [1.29, 1.82) is 0 Å². The van der Waals surface area contributed by atoms with Gasteiger partial charge in [-0.3, -0.25) is 0 Å². The smallest absolute Gasteiger partial charge is 0.137 e. The molecule has 0 heterocycles. The van der Waals surface area contributed by atoms with E-state index in [1.54, 1.807) is 30.3 Å². The van der Waals surface area contributed by atoms with Gasteiger partial charge < -0.3 is 10.8 Å². The molecule has 1 atom stereocenters. The fraction of sp³-hybridized carbons (Fsp3) is 0.250. The van der Waals surface area contributed by atoms with Crippen LogP contribution < -0.4 is 5.73 Å². The summed E-state index contributed by atoms with van der Waals surface area (Å²) in [6.07, 6.45) is 0.235. The Balaban J connectivity index is 2.49. The van der Waals surface area contributed by atoms with Crippen molar-refractivity contribution in [2.45, 2.75) is 11.8 Å². The van der Waals surface area contributed by atoms with Crippen molar-refractivity contribution in [3.63, 3.8) is 0 Å². The van der Waals surface area contributed by atoms with Gasteiger partial charge in [-0.1, -0.05) is 30.3 Å². The number of nitrogens with two attached hydrogens (primary N) is 1. The molecule has 3 N–H and O–H groups in total. The van der Waals surface area contributed by atoms with Crippen molar-refractivity contribution in [2.24, 2.45) is 5.73 Å². The van der Waals surface area contributed by atoms with Crippen LogP contribution in [0.2, 0.25) is 0 Å². The SMILES string of the molecule is NCC(CO)(Cc1cccc(F)c1Br)c1ccccc1F. The van der Waals surface area contributed by atoms with E-state index in [1.165, 1.54) is 12.1 Å². The number of hydrogen-bond donors (Lipinski definition) is 2. The molecular weight excluding hydrogens is 340 g/mol. The molecule has 2 nitrogen and oxygen atoms in total. The fourth-order valence-electron chi connectivity index (χ4n) is 2.42. The van der Waals surface area contributed by atoms with Gasteiger partial charge in [0.25, 0.3) is 0 Å². The van der Waals surface area contributed by atoms with Gasteiger partial charge in [-0.15, -0.1) is 0 Å². The van der Waals surface area contributed by atoms with Crippen molar-refractivity contribution in [2.75, 3.05) is 13.2 Å². The second-order valence-electron chi connectivity index (χ2n) is 5.01. The summed E-state index contributed by atoms with van der Waals surface area (Å²) in [5.74, 6) is -0.825. The average Bonchev–Trinajstić information content (AvgIpc) is 2.50. The third-order valence-electron chi connectivity index (χ3n) is 3.70. The standard InChI is InChI=1S/C16H16BrF2NO/c17-15-11(4-3-7-14(15)19)8-16(9-20,10-21)12-5-1-2-6-13(12)18/h1-7,21H,8-10,20H2. The van der Waals surface area contributed by atoms with Crippen LogP contribution in [0, 0.1) is 11.6 Å². The fourth-order valence-corrected chi connectivity index (χ4v) is 2.83. The molecule has 2 aromatic carbocycles. The molecule has 1 unspecified atom stereocenters. The summed E-state index contributed by atoms with van der Waals surface area (Å²) >= 11 is 3.19. The number of hydrogen-bond acceptors (Lipinski definition) is 2. The highest BCUT2D eigenvalue weighted by Crippen LogP contribution is 2.32. The molecule has 0 aliphatic rings. The lowest BCUT2D eigenvalue weighted by Crippen LogP contribution is -2.41. The summed E-state index contributed by atoms with van der Waals surface area (Å²) in [5, 5.41) is 9.82. The van der Waals surface area contributed by atoms with Crippen LogP contribution in [0.3, 0.4) is 0 Å². The van der Waals surface area contributed by atoms with Crippen molar-refractivity contribution in [3.8, 4) is 0 Å². The maximum Gasteiger partial charge on any atom is 0.137 e. The first-order valence-electron chi connectivity index (χ1n) is 6.53. The van der Waals surface area contributed by atoms with Gasteiger partial charge in [-0.2, -0.15) is 0 Å². The number of halogens is 3. The molecule has 0 radical (unpaired) electrons. The van der Waals surface area contributed by atoms with Gasteiger partial charge in [0, 0.05) is 12.0 Å². The van der Waals surface area contributed by atoms with E-state index < -0.39 is 17.0 Å². The van der Waals surface area contributed by atoms with E-state index in [0.717, 1.165) is 0 Å². The number of benzene rings is 2. The Kier molecular flexibility index (Phi) is 5.08. The topological polar surface area (TPSA) is 46.2 Å². The zero-order valence-corrected chi connectivity index (χ0v) is 12.9. The third-order valence-corrected chi connectivity index (χ3v) is 4.59. The van der Waals surface area contributed by atoms with Crippen LogP contribution in [0.15, 0.2) is 46.9 Å². The largest absolute Gasteiger partial charge is 0.395 e. The summed E-state index contributed by atoms with van der Waals surface area (Å²) in [4.78, 5) is 0. The van der Waals surface area contributed by atoms with Crippen LogP contribution in [0.4, 0.5) is 8.78 Å². The van der Waals surface area contributed by atoms with Crippen LogP contribution in [0.25, 0.3) is 0 Å². The van der Waals surface area contributed by atoms with Gasteiger partial charge >= 0.3 is 0 Å². The lowest BCUT2D eigenvalue weighted by Gasteiger charge is -2.32. The highest BCUT2D eigenvalue weighted by Gasteiger charge is 2.33. The molecule has 0 aromatic heterocycles. The van der Waals surface area contributed by atoms with Crippen LogP contribution in [-0.2, 0) is 11.8 Å². The Hall–Kier alpha value is -1.30. The van der Waals surface area contributed by atoms with Crippen LogP contribution in [-0.4, -0.2) is 18.3 Å². The molecule has 0 aliphatic carbocycles. The highest BCUT2D eigenvalue weighted by molar-refractivity contribution is 9.10. The molecule has 0 saturated heterocycles. The molecule has 0 saturated carbocycles. The normalized spacial score (nSPS) is 14.0. The Morgan fingerprint density at radius 3 is 2.33 bits per heavy atom. The van der Waals surface area contributed by atoms with E-state index >= 15 is 0 Å². The monoisotopic (exact) mass is 355 g/mol. The van der Waals surface area contributed by atoms with Gasteiger partial charge in [0.1, 0.15) is 11.6 Å². The summed E-state index contributed by atoms with van der Waals surface area (Å²) in [7, 11) is 0. The van der Waals surface area contributed by atoms with Crippen molar-refractivity contribution in [3.05, 3.63) is 69.7 Å². The summed E-state index contributed by atoms with van der Waals surface area (Å²) < 4.78 is 28.0. The molecule has 112 valence electrons. The van der Waals surface area contributed by atoms with Gasteiger partial charge in [0.2, 0.25) is 0 Å². The Morgan fingerprint density at radius 2 is 1.71 bits per heavy atom. The maximum atomic E-state index is 14.1. The second-order valence-corrected chi connectivity index (χ2v) is 5.81. The number of aliphatic hydroxyl groups is 1. The lowest BCUT2D eigenvalue weighted by atomic mass is 9.76. The van der Waals surface area contributed by atoms with Crippen LogP contribution in [0.1, 0.15) is 11.1 Å². The first kappa shape index (κ1) is 16.1. The minimum Gasteiger partial charge on any atom is -0.395 e. The molecule has 0 amide bonds. The molecule has 0 spiro atoms. The van der Waals surface area contributed by atoms with Crippen molar-refractivity contribution in [1.82, 2.24) is 0 Å². The molecule has 21 heavy (non-hydrogen) atoms. The number of rotatable bonds is 5. The average molecular weight is 356 g/mol. The molecule has 0 bridgehead atoms. The third kappa shape index (κ3) is 3.15. The predicted octanol–water partition coefficient (Wildman–Crippen LogP) is 3.16. The Bertz CT molecular complexity index is 629.